The topological polar surface area (TPSA) is 63.7 Å². The number of hydrogen-bond acceptors (Lipinski definition) is 3. The molecule has 0 aliphatic carbocycles. The maximum atomic E-state index is 5.97. The third kappa shape index (κ3) is 5.29. The van der Waals surface area contributed by atoms with Gasteiger partial charge in [0.05, 0.1) is 12.2 Å². The van der Waals surface area contributed by atoms with Gasteiger partial charge in [-0.15, -0.1) is 0 Å². The summed E-state index contributed by atoms with van der Waals surface area (Å²) in [6.45, 7) is 6.91. The molecule has 0 amide bonds. The van der Waals surface area contributed by atoms with Crippen LogP contribution in [0, 0.1) is 0 Å². The maximum absolute atomic E-state index is 5.97. The molecule has 122 valence electrons. The summed E-state index contributed by atoms with van der Waals surface area (Å²) in [6.07, 6.45) is 1.76. The molecule has 0 bridgehead atoms. The summed E-state index contributed by atoms with van der Waals surface area (Å²) in [5.74, 6) is 1.41. The summed E-state index contributed by atoms with van der Waals surface area (Å²) in [7, 11) is 0. The average molecular weight is 312 g/mol. The molecule has 1 aromatic heterocycles. The molecular formula is C18H24N4O. The molecule has 0 spiro atoms. The van der Waals surface area contributed by atoms with Gasteiger partial charge in [-0.3, -0.25) is 4.98 Å². The van der Waals surface area contributed by atoms with Crippen LogP contribution in [0.3, 0.4) is 0 Å². The second kappa shape index (κ2) is 8.78. The van der Waals surface area contributed by atoms with E-state index in [4.69, 9.17) is 10.5 Å². The standard InChI is InChI=1S/C18H24N4O/c1-3-22(4-2)18(19)21-13-15-8-10-17(11-9-15)23-14-16-7-5-6-12-20-16/h5-12H,3-4,13-14H2,1-2H3,(H2,19,21). The Morgan fingerprint density at radius 3 is 2.48 bits per heavy atom. The highest BCUT2D eigenvalue weighted by Crippen LogP contribution is 2.14. The van der Waals surface area contributed by atoms with Crippen LogP contribution in [0.15, 0.2) is 53.7 Å². The van der Waals surface area contributed by atoms with Gasteiger partial charge in [0, 0.05) is 19.3 Å². The van der Waals surface area contributed by atoms with E-state index in [2.05, 4.69) is 23.8 Å². The molecule has 0 unspecified atom stereocenters. The van der Waals surface area contributed by atoms with Crippen molar-refractivity contribution in [2.75, 3.05) is 13.1 Å². The number of benzene rings is 1. The van der Waals surface area contributed by atoms with E-state index in [-0.39, 0.29) is 0 Å². The first kappa shape index (κ1) is 16.8. The lowest BCUT2D eigenvalue weighted by Crippen LogP contribution is -2.37. The summed E-state index contributed by atoms with van der Waals surface area (Å²) < 4.78 is 5.71. The van der Waals surface area contributed by atoms with E-state index in [1.54, 1.807) is 6.20 Å². The third-order valence-electron chi connectivity index (χ3n) is 3.55. The molecule has 5 heteroatoms. The molecule has 0 aliphatic rings. The van der Waals surface area contributed by atoms with E-state index >= 15 is 0 Å². The maximum Gasteiger partial charge on any atom is 0.191 e. The predicted octanol–water partition coefficient (Wildman–Crippen LogP) is 2.82. The van der Waals surface area contributed by atoms with Gasteiger partial charge in [-0.05, 0) is 43.7 Å². The van der Waals surface area contributed by atoms with Gasteiger partial charge in [-0.2, -0.15) is 0 Å². The molecule has 1 aromatic carbocycles. The number of aliphatic imine (C=N–C) groups is 1. The number of pyridine rings is 1. The molecular weight excluding hydrogens is 288 g/mol. The molecule has 0 radical (unpaired) electrons. The Labute approximate surface area is 137 Å². The Morgan fingerprint density at radius 1 is 1.13 bits per heavy atom. The summed E-state index contributed by atoms with van der Waals surface area (Å²) in [4.78, 5) is 10.7. The molecule has 2 aromatic rings. The normalized spacial score (nSPS) is 11.3. The number of nitrogens with zero attached hydrogens (tertiary/aromatic N) is 3. The minimum absolute atomic E-state index is 0.466. The smallest absolute Gasteiger partial charge is 0.191 e. The minimum Gasteiger partial charge on any atom is -0.487 e. The molecule has 0 fully saturated rings. The van der Waals surface area contributed by atoms with Crippen LogP contribution < -0.4 is 10.5 Å². The highest BCUT2D eigenvalue weighted by atomic mass is 16.5. The van der Waals surface area contributed by atoms with Crippen LogP contribution in [-0.4, -0.2) is 28.9 Å². The van der Waals surface area contributed by atoms with Gasteiger partial charge in [0.15, 0.2) is 5.96 Å². The largest absolute Gasteiger partial charge is 0.487 e. The summed E-state index contributed by atoms with van der Waals surface area (Å²) >= 11 is 0. The Bertz CT molecular complexity index is 607. The van der Waals surface area contributed by atoms with Crippen molar-refractivity contribution < 1.29 is 4.74 Å². The second-order valence-electron chi connectivity index (χ2n) is 5.10. The molecule has 5 nitrogen and oxygen atoms in total. The van der Waals surface area contributed by atoms with Crippen LogP contribution >= 0.6 is 0 Å². The molecule has 0 aliphatic heterocycles. The van der Waals surface area contributed by atoms with Crippen molar-refractivity contribution in [3.8, 4) is 5.75 Å². The molecule has 23 heavy (non-hydrogen) atoms. The van der Waals surface area contributed by atoms with E-state index in [0.29, 0.717) is 19.1 Å². The first-order valence-electron chi connectivity index (χ1n) is 7.89. The Balaban J connectivity index is 1.88. The molecule has 0 saturated heterocycles. The van der Waals surface area contributed by atoms with Crippen molar-refractivity contribution in [2.24, 2.45) is 10.7 Å². The van der Waals surface area contributed by atoms with Gasteiger partial charge in [0.25, 0.3) is 0 Å². The summed E-state index contributed by atoms with van der Waals surface area (Å²) in [5.41, 5.74) is 7.99. The lowest BCUT2D eigenvalue weighted by atomic mass is 10.2. The second-order valence-corrected chi connectivity index (χ2v) is 5.10. The highest BCUT2D eigenvalue weighted by Gasteiger charge is 2.02. The molecule has 0 atom stereocenters. The molecule has 2 N–H and O–H groups in total. The lowest BCUT2D eigenvalue weighted by molar-refractivity contribution is 0.301. The van der Waals surface area contributed by atoms with Crippen molar-refractivity contribution >= 4 is 5.96 Å². The fourth-order valence-corrected chi connectivity index (χ4v) is 2.15. The third-order valence-corrected chi connectivity index (χ3v) is 3.55. The molecule has 1 heterocycles. The number of ether oxygens (including phenoxy) is 1. The first-order chi connectivity index (χ1) is 11.2. The SMILES string of the molecule is CCN(CC)C(N)=NCc1ccc(OCc2ccccn2)cc1. The number of nitrogens with two attached hydrogens (primary N) is 1. The Kier molecular flexibility index (Phi) is 6.41. The predicted molar refractivity (Wildman–Crippen MR) is 93.3 cm³/mol. The van der Waals surface area contributed by atoms with Crippen LogP contribution in [0.25, 0.3) is 0 Å². The number of aromatic nitrogens is 1. The summed E-state index contributed by atoms with van der Waals surface area (Å²) in [5, 5.41) is 0. The van der Waals surface area contributed by atoms with E-state index in [0.717, 1.165) is 30.1 Å². The molecule has 2 rings (SSSR count). The van der Waals surface area contributed by atoms with E-state index in [1.807, 2.05) is 47.4 Å². The zero-order valence-electron chi connectivity index (χ0n) is 13.8. The lowest BCUT2D eigenvalue weighted by Gasteiger charge is -2.19. The highest BCUT2D eigenvalue weighted by molar-refractivity contribution is 5.78. The average Bonchev–Trinajstić information content (AvgIpc) is 2.61. The van der Waals surface area contributed by atoms with Gasteiger partial charge in [-0.1, -0.05) is 18.2 Å². The van der Waals surface area contributed by atoms with Gasteiger partial charge in [0.2, 0.25) is 0 Å². The van der Waals surface area contributed by atoms with Crippen molar-refractivity contribution in [3.63, 3.8) is 0 Å². The van der Waals surface area contributed by atoms with Crippen LogP contribution in [0.2, 0.25) is 0 Å². The van der Waals surface area contributed by atoms with Gasteiger partial charge >= 0.3 is 0 Å². The van der Waals surface area contributed by atoms with Crippen LogP contribution in [0.5, 0.6) is 5.75 Å². The Morgan fingerprint density at radius 2 is 1.87 bits per heavy atom. The first-order valence-corrected chi connectivity index (χ1v) is 7.89. The summed E-state index contributed by atoms with van der Waals surface area (Å²) in [6, 6.07) is 13.7. The quantitative estimate of drug-likeness (QED) is 0.631. The van der Waals surface area contributed by atoms with Crippen molar-refractivity contribution in [2.45, 2.75) is 27.0 Å². The van der Waals surface area contributed by atoms with Crippen LogP contribution in [0.4, 0.5) is 0 Å². The van der Waals surface area contributed by atoms with Crippen molar-refractivity contribution in [1.29, 1.82) is 0 Å². The van der Waals surface area contributed by atoms with Gasteiger partial charge in [-0.25, -0.2) is 4.99 Å². The van der Waals surface area contributed by atoms with Crippen molar-refractivity contribution in [1.82, 2.24) is 9.88 Å². The van der Waals surface area contributed by atoms with Crippen LogP contribution in [0.1, 0.15) is 25.1 Å². The Hall–Kier alpha value is -2.56. The number of guanidine groups is 1. The molecule has 0 saturated carbocycles. The van der Waals surface area contributed by atoms with Gasteiger partial charge in [0.1, 0.15) is 12.4 Å². The van der Waals surface area contributed by atoms with Crippen LogP contribution in [-0.2, 0) is 13.2 Å². The minimum atomic E-state index is 0.466. The van der Waals surface area contributed by atoms with E-state index < -0.39 is 0 Å². The van der Waals surface area contributed by atoms with Gasteiger partial charge < -0.3 is 15.4 Å². The fraction of sp³-hybridized carbons (Fsp3) is 0.333. The van der Waals surface area contributed by atoms with E-state index in [1.165, 1.54) is 0 Å². The monoisotopic (exact) mass is 312 g/mol. The zero-order chi connectivity index (χ0) is 16.5. The fourth-order valence-electron chi connectivity index (χ4n) is 2.15. The number of rotatable bonds is 7. The van der Waals surface area contributed by atoms with E-state index in [9.17, 15) is 0 Å². The zero-order valence-corrected chi connectivity index (χ0v) is 13.8. The number of hydrogen-bond donors (Lipinski definition) is 1. The van der Waals surface area contributed by atoms with Crippen molar-refractivity contribution in [3.05, 3.63) is 59.9 Å².